The SMILES string of the molecule is O=C(NCc1cccc(C(=O)NCCO)c1)C1=CC2OC3(Cc4ccccc4C3)OC2C(OC(=O)c2cccc(C=CCOC3OC(CO)C(O)C(O)C3O)c2)C1. The molecule has 0 saturated carbocycles. The highest BCUT2D eigenvalue weighted by Crippen LogP contribution is 2.45. The molecule has 15 nitrogen and oxygen atoms in total. The van der Waals surface area contributed by atoms with E-state index in [4.69, 9.17) is 28.8 Å². The molecule has 57 heavy (non-hydrogen) atoms. The van der Waals surface area contributed by atoms with Crippen LogP contribution in [0.4, 0.5) is 0 Å². The first-order chi connectivity index (χ1) is 27.6. The summed E-state index contributed by atoms with van der Waals surface area (Å²) in [5.41, 5.74) is 4.51. The average Bonchev–Trinajstić information content (AvgIpc) is 3.78. The van der Waals surface area contributed by atoms with E-state index in [2.05, 4.69) is 10.6 Å². The molecule has 2 heterocycles. The van der Waals surface area contributed by atoms with Crippen LogP contribution in [0.2, 0.25) is 0 Å². The standard InChI is InChI=1S/C42H46N2O13/c45-14-13-43-38(50)26-11-4-7-25(17-26)22-44-39(51)30-18-31(37-32(19-30)56-42(57-37)20-28-9-1-2-10-29(28)21-42)54-40(52)27-12-3-6-24(16-27)8-5-15-53-41-36(49)35(48)34(47)33(23-46)55-41/h1-12,16-17,19,31-37,41,45-49H,13-15,18,20-23H2,(H,43,50)(H,44,51). The first kappa shape index (κ1) is 40.4. The van der Waals surface area contributed by atoms with E-state index in [0.717, 1.165) is 11.1 Å². The van der Waals surface area contributed by atoms with Crippen molar-refractivity contribution in [2.45, 2.75) is 80.6 Å². The lowest BCUT2D eigenvalue weighted by Crippen LogP contribution is -2.59. The van der Waals surface area contributed by atoms with Crippen molar-refractivity contribution in [1.82, 2.24) is 10.6 Å². The van der Waals surface area contributed by atoms with Gasteiger partial charge in [0.25, 0.3) is 5.91 Å². The second-order valence-electron chi connectivity index (χ2n) is 14.5. The maximum atomic E-state index is 13.7. The molecule has 3 aromatic carbocycles. The highest BCUT2D eigenvalue weighted by molar-refractivity contribution is 5.95. The zero-order chi connectivity index (χ0) is 40.1. The Hall–Kier alpha value is -4.81. The van der Waals surface area contributed by atoms with Crippen LogP contribution in [0.15, 0.2) is 90.5 Å². The summed E-state index contributed by atoms with van der Waals surface area (Å²) in [5, 5.41) is 54.2. The maximum absolute atomic E-state index is 13.7. The Labute approximate surface area is 328 Å². The number of hydrogen-bond acceptors (Lipinski definition) is 13. The average molecular weight is 787 g/mol. The smallest absolute Gasteiger partial charge is 0.338 e. The Bertz CT molecular complexity index is 1970. The van der Waals surface area contributed by atoms with Gasteiger partial charge in [0, 0.05) is 43.5 Å². The highest BCUT2D eigenvalue weighted by atomic mass is 16.8. The van der Waals surface area contributed by atoms with E-state index in [9.17, 15) is 34.8 Å². The van der Waals surface area contributed by atoms with Crippen LogP contribution in [-0.2, 0) is 47.9 Å². The van der Waals surface area contributed by atoms with Crippen molar-refractivity contribution < 1.29 is 63.6 Å². The Morgan fingerprint density at radius 3 is 2.35 bits per heavy atom. The monoisotopic (exact) mass is 786 g/mol. The number of nitrogens with one attached hydrogen (secondary N) is 2. The zero-order valence-electron chi connectivity index (χ0n) is 30.9. The molecule has 1 spiro atoms. The summed E-state index contributed by atoms with van der Waals surface area (Å²) < 4.78 is 30.2. The van der Waals surface area contributed by atoms with Crippen molar-refractivity contribution in [1.29, 1.82) is 0 Å². The molecule has 2 amide bonds. The van der Waals surface area contributed by atoms with Gasteiger partial charge in [-0.15, -0.1) is 0 Å². The first-order valence-electron chi connectivity index (χ1n) is 18.9. The third-order valence-corrected chi connectivity index (χ3v) is 10.4. The molecule has 0 bridgehead atoms. The first-order valence-corrected chi connectivity index (χ1v) is 18.9. The molecule has 4 aliphatic rings. The van der Waals surface area contributed by atoms with Gasteiger partial charge in [-0.25, -0.2) is 4.79 Å². The molecule has 2 fully saturated rings. The lowest BCUT2D eigenvalue weighted by Gasteiger charge is -2.39. The molecule has 2 aliphatic heterocycles. The van der Waals surface area contributed by atoms with E-state index in [1.165, 1.54) is 0 Å². The van der Waals surface area contributed by atoms with Crippen molar-refractivity contribution in [3.05, 3.63) is 124 Å². The molecule has 7 rings (SSSR count). The summed E-state index contributed by atoms with van der Waals surface area (Å²) in [7, 11) is 0. The summed E-state index contributed by atoms with van der Waals surface area (Å²) >= 11 is 0. The van der Waals surface area contributed by atoms with Gasteiger partial charge in [-0.1, -0.05) is 60.7 Å². The van der Waals surface area contributed by atoms with Gasteiger partial charge in [0.2, 0.25) is 5.91 Å². The maximum Gasteiger partial charge on any atom is 0.338 e. The minimum absolute atomic E-state index is 0.0591. The molecule has 8 unspecified atom stereocenters. The number of aliphatic hydroxyl groups is 5. The van der Waals surface area contributed by atoms with Gasteiger partial charge in [-0.3, -0.25) is 9.59 Å². The Kier molecular flexibility index (Phi) is 12.6. The third kappa shape index (κ3) is 9.17. The zero-order valence-corrected chi connectivity index (χ0v) is 30.9. The Morgan fingerprint density at radius 2 is 1.60 bits per heavy atom. The molecule has 15 heteroatoms. The predicted octanol–water partition coefficient (Wildman–Crippen LogP) is 0.689. The van der Waals surface area contributed by atoms with Crippen molar-refractivity contribution in [3.8, 4) is 0 Å². The van der Waals surface area contributed by atoms with Crippen molar-refractivity contribution in [2.75, 3.05) is 26.4 Å². The van der Waals surface area contributed by atoms with E-state index in [0.29, 0.717) is 35.1 Å². The minimum atomic E-state index is -1.56. The summed E-state index contributed by atoms with van der Waals surface area (Å²) in [6.07, 6.45) is -3.11. The van der Waals surface area contributed by atoms with Gasteiger partial charge in [0.15, 0.2) is 12.1 Å². The van der Waals surface area contributed by atoms with Crippen LogP contribution in [0, 0.1) is 0 Å². The number of carbonyl (C=O) groups excluding carboxylic acids is 3. The van der Waals surface area contributed by atoms with Gasteiger partial charge >= 0.3 is 5.97 Å². The van der Waals surface area contributed by atoms with Crippen LogP contribution in [0.3, 0.4) is 0 Å². The van der Waals surface area contributed by atoms with Crippen LogP contribution < -0.4 is 10.6 Å². The van der Waals surface area contributed by atoms with Crippen LogP contribution in [0.25, 0.3) is 6.08 Å². The van der Waals surface area contributed by atoms with E-state index in [1.807, 2.05) is 24.3 Å². The number of benzene rings is 3. The number of amides is 2. The van der Waals surface area contributed by atoms with Crippen LogP contribution in [0.5, 0.6) is 0 Å². The normalized spacial score (nSPS) is 27.4. The van der Waals surface area contributed by atoms with Crippen LogP contribution >= 0.6 is 0 Å². The number of fused-ring (bicyclic) bond motifs is 2. The quantitative estimate of drug-likeness (QED) is 0.119. The Balaban J connectivity index is 1.02. The third-order valence-electron chi connectivity index (χ3n) is 10.4. The lowest BCUT2D eigenvalue weighted by atomic mass is 9.91. The fourth-order valence-electron chi connectivity index (χ4n) is 7.57. The number of rotatable bonds is 13. The van der Waals surface area contributed by atoms with Crippen molar-refractivity contribution in [2.24, 2.45) is 0 Å². The molecule has 302 valence electrons. The molecule has 0 aromatic heterocycles. The van der Waals surface area contributed by atoms with E-state index in [-0.39, 0.29) is 50.1 Å². The molecule has 0 radical (unpaired) electrons. The largest absolute Gasteiger partial charge is 0.456 e. The lowest BCUT2D eigenvalue weighted by molar-refractivity contribution is -0.298. The molecular weight excluding hydrogens is 740 g/mol. The van der Waals surface area contributed by atoms with Crippen LogP contribution in [0.1, 0.15) is 49.4 Å². The molecule has 3 aromatic rings. The number of hydrogen-bond donors (Lipinski definition) is 7. The molecule has 8 atom stereocenters. The predicted molar refractivity (Wildman–Crippen MR) is 201 cm³/mol. The van der Waals surface area contributed by atoms with E-state index >= 15 is 0 Å². The van der Waals surface area contributed by atoms with Crippen molar-refractivity contribution >= 4 is 23.9 Å². The number of esters is 1. The van der Waals surface area contributed by atoms with Crippen molar-refractivity contribution in [3.63, 3.8) is 0 Å². The molecule has 7 N–H and O–H groups in total. The Morgan fingerprint density at radius 1 is 0.842 bits per heavy atom. The van der Waals surface area contributed by atoms with Crippen LogP contribution in [-0.4, -0.2) is 124 Å². The molecule has 2 saturated heterocycles. The van der Waals surface area contributed by atoms with Gasteiger partial charge in [0.1, 0.15) is 42.7 Å². The fraction of sp³-hybridized carbons (Fsp3) is 0.405. The van der Waals surface area contributed by atoms with Gasteiger partial charge in [0.05, 0.1) is 25.4 Å². The molecule has 2 aliphatic carbocycles. The molecular formula is C42H46N2O13. The second kappa shape index (κ2) is 17.8. The van der Waals surface area contributed by atoms with E-state index < -0.39 is 67.4 Å². The highest BCUT2D eigenvalue weighted by Gasteiger charge is 2.55. The number of ether oxygens (including phenoxy) is 5. The minimum Gasteiger partial charge on any atom is -0.456 e. The summed E-state index contributed by atoms with van der Waals surface area (Å²) in [6.45, 7) is -0.572. The summed E-state index contributed by atoms with van der Waals surface area (Å²) in [4.78, 5) is 39.8. The van der Waals surface area contributed by atoms with Gasteiger partial charge < -0.3 is 59.9 Å². The number of carbonyl (C=O) groups is 3. The second-order valence-corrected chi connectivity index (χ2v) is 14.5. The van der Waals surface area contributed by atoms with Gasteiger partial charge in [-0.2, -0.15) is 0 Å². The summed E-state index contributed by atoms with van der Waals surface area (Å²) in [6, 6.07) is 21.4. The van der Waals surface area contributed by atoms with Gasteiger partial charge in [-0.05, 0) is 52.6 Å². The number of aliphatic hydroxyl groups excluding tert-OH is 5. The topological polar surface area (TPSA) is 223 Å². The summed E-state index contributed by atoms with van der Waals surface area (Å²) in [5.74, 6) is -2.34. The van der Waals surface area contributed by atoms with E-state index in [1.54, 1.807) is 66.8 Å². The fourth-order valence-corrected chi connectivity index (χ4v) is 7.57.